The maximum atomic E-state index is 12.9. The van der Waals surface area contributed by atoms with Crippen LogP contribution in [0.4, 0.5) is 0 Å². The molecule has 35 heavy (non-hydrogen) atoms. The number of nitriles is 1. The zero-order valence-corrected chi connectivity index (χ0v) is 22.0. The number of nitrogens with zero attached hydrogens (tertiary/aromatic N) is 3. The van der Waals surface area contributed by atoms with Crippen LogP contribution in [-0.2, 0) is 16.2 Å². The highest BCUT2D eigenvalue weighted by Gasteiger charge is 2.59. The molecule has 2 amide bonds. The van der Waals surface area contributed by atoms with E-state index in [9.17, 15) is 14.9 Å². The van der Waals surface area contributed by atoms with Crippen molar-refractivity contribution < 1.29 is 19.1 Å². The number of rotatable bonds is 7. The van der Waals surface area contributed by atoms with Gasteiger partial charge in [0.1, 0.15) is 6.61 Å². The Morgan fingerprint density at radius 3 is 2.46 bits per heavy atom. The van der Waals surface area contributed by atoms with Crippen molar-refractivity contribution in [2.24, 2.45) is 28.8 Å². The smallest absolute Gasteiger partial charge is 0.254 e. The number of carbonyl (C=O) groups is 2. The molecule has 1 saturated carbocycles. The molecule has 7 nitrogen and oxygen atoms in total. The van der Waals surface area contributed by atoms with E-state index in [2.05, 4.69) is 55.2 Å². The molecular formula is C26H21Br2N3O4. The van der Waals surface area contributed by atoms with E-state index in [1.807, 2.05) is 19.1 Å². The van der Waals surface area contributed by atoms with Crippen LogP contribution in [0.25, 0.3) is 0 Å². The van der Waals surface area contributed by atoms with Crippen molar-refractivity contribution in [2.45, 2.75) is 20.0 Å². The van der Waals surface area contributed by atoms with E-state index in [1.54, 1.807) is 18.2 Å². The molecular weight excluding hydrogens is 578 g/mol. The van der Waals surface area contributed by atoms with E-state index in [4.69, 9.17) is 9.47 Å². The van der Waals surface area contributed by atoms with Crippen LogP contribution in [0, 0.1) is 35.0 Å². The first-order valence-corrected chi connectivity index (χ1v) is 12.9. The molecule has 3 aliphatic rings. The van der Waals surface area contributed by atoms with Crippen molar-refractivity contribution in [3.63, 3.8) is 0 Å². The van der Waals surface area contributed by atoms with Gasteiger partial charge in [0.25, 0.3) is 11.8 Å². The second-order valence-corrected chi connectivity index (χ2v) is 10.2. The van der Waals surface area contributed by atoms with Crippen LogP contribution >= 0.6 is 31.9 Å². The summed E-state index contributed by atoms with van der Waals surface area (Å²) in [6.45, 7) is 2.44. The Labute approximate surface area is 219 Å². The summed E-state index contributed by atoms with van der Waals surface area (Å²) in [5.74, 6) is 0.149. The summed E-state index contributed by atoms with van der Waals surface area (Å²) in [5.41, 5.74) is 1.91. The quantitative estimate of drug-likeness (QED) is 0.248. The largest absolute Gasteiger partial charge is 0.490 e. The number of fused-ring (bicyclic) bond motifs is 5. The number of halogens is 2. The number of hydrogen-bond donors (Lipinski definition) is 0. The lowest BCUT2D eigenvalue weighted by atomic mass is 9.85. The van der Waals surface area contributed by atoms with Crippen molar-refractivity contribution in [1.29, 1.82) is 5.26 Å². The standard InChI is InChI=1S/C26H21Br2N3O4/c1-2-34-19-10-18(12-30-31-25(32)20-14-7-8-15(9-14)21(20)26(31)33)22(27)23(28)24(19)35-13-17-6-4-3-5-16(17)11-29/h3-8,10,12,14-15,20-21H,2,9,13H2,1H3/t14-,15-,20-,21+/m0/s1. The van der Waals surface area contributed by atoms with Crippen LogP contribution in [0.3, 0.4) is 0 Å². The molecule has 1 heterocycles. The van der Waals surface area contributed by atoms with Crippen molar-refractivity contribution >= 4 is 49.9 Å². The first-order valence-electron chi connectivity index (χ1n) is 11.3. The molecule has 2 aromatic rings. The molecule has 0 spiro atoms. The summed E-state index contributed by atoms with van der Waals surface area (Å²) in [5, 5.41) is 14.6. The summed E-state index contributed by atoms with van der Waals surface area (Å²) in [4.78, 5) is 25.8. The number of ether oxygens (including phenoxy) is 2. The van der Waals surface area contributed by atoms with Gasteiger partial charge in [-0.05, 0) is 69.2 Å². The normalized spacial score (nSPS) is 24.3. The Kier molecular flexibility index (Phi) is 6.51. The number of allylic oxidation sites excluding steroid dienone is 2. The highest BCUT2D eigenvalue weighted by atomic mass is 79.9. The molecule has 5 rings (SSSR count). The summed E-state index contributed by atoms with van der Waals surface area (Å²) >= 11 is 7.13. The molecule has 0 radical (unpaired) electrons. The maximum absolute atomic E-state index is 12.9. The minimum atomic E-state index is -0.295. The summed E-state index contributed by atoms with van der Waals surface area (Å²) < 4.78 is 13.1. The second kappa shape index (κ2) is 9.59. The highest BCUT2D eigenvalue weighted by molar-refractivity contribution is 9.13. The van der Waals surface area contributed by atoms with Crippen LogP contribution in [0.1, 0.15) is 30.0 Å². The third-order valence-corrected chi connectivity index (χ3v) is 8.87. The third-order valence-electron chi connectivity index (χ3n) is 6.72. The van der Waals surface area contributed by atoms with Gasteiger partial charge >= 0.3 is 0 Å². The molecule has 9 heteroatoms. The molecule has 1 saturated heterocycles. The van der Waals surface area contributed by atoms with E-state index in [-0.39, 0.29) is 42.1 Å². The van der Waals surface area contributed by atoms with Crippen LogP contribution in [0.15, 0.2) is 56.5 Å². The van der Waals surface area contributed by atoms with E-state index in [0.717, 1.165) is 17.0 Å². The topological polar surface area (TPSA) is 92.0 Å². The Bertz CT molecular complexity index is 1290. The lowest BCUT2D eigenvalue weighted by Crippen LogP contribution is -2.28. The average Bonchev–Trinajstić information content (AvgIpc) is 3.55. The maximum Gasteiger partial charge on any atom is 0.254 e. The molecule has 0 unspecified atom stereocenters. The fraction of sp³-hybridized carbons (Fsp3) is 0.308. The fourth-order valence-electron chi connectivity index (χ4n) is 5.12. The van der Waals surface area contributed by atoms with Gasteiger partial charge in [0, 0.05) is 15.6 Å². The van der Waals surface area contributed by atoms with Crippen molar-refractivity contribution in [1.82, 2.24) is 5.01 Å². The summed E-state index contributed by atoms with van der Waals surface area (Å²) in [7, 11) is 0. The Balaban J connectivity index is 1.40. The van der Waals surface area contributed by atoms with Gasteiger partial charge in [-0.15, -0.1) is 0 Å². The number of amides is 2. The number of hydrazone groups is 1. The third kappa shape index (κ3) is 4.09. The highest BCUT2D eigenvalue weighted by Crippen LogP contribution is 2.52. The molecule has 4 atom stereocenters. The molecule has 2 aliphatic carbocycles. The van der Waals surface area contributed by atoms with Gasteiger partial charge < -0.3 is 9.47 Å². The first-order chi connectivity index (χ1) is 16.9. The molecule has 178 valence electrons. The van der Waals surface area contributed by atoms with Gasteiger partial charge in [0.05, 0.1) is 40.8 Å². The number of hydrogen-bond acceptors (Lipinski definition) is 6. The molecule has 1 aliphatic heterocycles. The Morgan fingerprint density at radius 2 is 1.80 bits per heavy atom. The minimum Gasteiger partial charge on any atom is -0.490 e. The fourth-order valence-corrected chi connectivity index (χ4v) is 6.06. The first kappa shape index (κ1) is 23.8. The molecule has 2 bridgehead atoms. The van der Waals surface area contributed by atoms with Gasteiger partial charge in [-0.1, -0.05) is 30.4 Å². The van der Waals surface area contributed by atoms with E-state index < -0.39 is 0 Å². The van der Waals surface area contributed by atoms with Crippen molar-refractivity contribution in [3.05, 3.63) is 68.1 Å². The molecule has 0 aromatic heterocycles. The monoisotopic (exact) mass is 597 g/mol. The Hall–Kier alpha value is -2.96. The summed E-state index contributed by atoms with van der Waals surface area (Å²) in [6.07, 6.45) is 6.47. The number of imide groups is 1. The van der Waals surface area contributed by atoms with E-state index in [1.165, 1.54) is 6.21 Å². The predicted octanol–water partition coefficient (Wildman–Crippen LogP) is 5.20. The van der Waals surface area contributed by atoms with Gasteiger partial charge in [-0.3, -0.25) is 9.59 Å². The van der Waals surface area contributed by atoms with Crippen LogP contribution < -0.4 is 9.47 Å². The second-order valence-electron chi connectivity index (χ2n) is 8.64. The minimum absolute atomic E-state index is 0.134. The van der Waals surface area contributed by atoms with Crippen molar-refractivity contribution in [3.8, 4) is 17.6 Å². The summed E-state index contributed by atoms with van der Waals surface area (Å²) in [6, 6.07) is 11.1. The lowest BCUT2D eigenvalue weighted by molar-refractivity contribution is -0.140. The predicted molar refractivity (Wildman–Crippen MR) is 136 cm³/mol. The average molecular weight is 599 g/mol. The van der Waals surface area contributed by atoms with Gasteiger partial charge in [-0.25, -0.2) is 0 Å². The van der Waals surface area contributed by atoms with Crippen molar-refractivity contribution in [2.75, 3.05) is 6.61 Å². The number of carbonyl (C=O) groups excluding carboxylic acids is 2. The van der Waals surface area contributed by atoms with E-state index in [0.29, 0.717) is 38.2 Å². The van der Waals surface area contributed by atoms with Crippen LogP contribution in [-0.4, -0.2) is 29.6 Å². The van der Waals surface area contributed by atoms with Gasteiger partial charge in [0.15, 0.2) is 11.5 Å². The van der Waals surface area contributed by atoms with Gasteiger partial charge in [0.2, 0.25) is 0 Å². The van der Waals surface area contributed by atoms with E-state index >= 15 is 0 Å². The molecule has 0 N–H and O–H groups in total. The van der Waals surface area contributed by atoms with Crippen LogP contribution in [0.2, 0.25) is 0 Å². The SMILES string of the molecule is CCOc1cc(C=NN2C(=O)[C@@H]3[C@H](C2=O)[C@H]2C=C[C@H]3C2)c(Br)c(Br)c1OCc1ccccc1C#N. The number of benzene rings is 2. The zero-order chi connectivity index (χ0) is 24.7. The molecule has 2 aromatic carbocycles. The zero-order valence-electron chi connectivity index (χ0n) is 18.8. The lowest BCUT2D eigenvalue weighted by Gasteiger charge is -2.17. The van der Waals surface area contributed by atoms with Gasteiger partial charge in [-0.2, -0.15) is 15.4 Å². The Morgan fingerprint density at radius 1 is 1.11 bits per heavy atom. The van der Waals surface area contributed by atoms with Crippen LogP contribution in [0.5, 0.6) is 11.5 Å². The molecule has 2 fully saturated rings.